The number of likely N-dealkylation sites (N-methyl/N-ethyl adjacent to an activating group) is 2. The van der Waals surface area contributed by atoms with E-state index in [1.54, 1.807) is 27.2 Å². The molecule has 0 radical (unpaired) electrons. The fraction of sp³-hybridized carbons (Fsp3) is 0.816. The second-order valence-corrected chi connectivity index (χ2v) is 20.3. The van der Waals surface area contributed by atoms with Crippen LogP contribution in [0.15, 0.2) is 36.5 Å². The molecule has 4 aliphatic rings. The summed E-state index contributed by atoms with van der Waals surface area (Å²) in [4.78, 5) is 38.3. The molecule has 0 aromatic carbocycles. The van der Waals surface area contributed by atoms with Gasteiger partial charge in [0.25, 0.3) is 0 Å². The SMILES string of the molecule is C=C1CO[C@]2(C)[C@@H](CC)OC(=O)[C@H](C)[C@@H](O[C@H]3C[C@@](C)(OC)C(O)[C@H](C)O3)[C@H](C)[C@@H](O[C@@H]3O[C@H](C)C[C@H](N(C)C)[C@H]3O)[C@](C)(OCCN(C)Cc3ccccn3)CC(C)C(=O)C(C)[C@H]12. The lowest BCUT2D eigenvalue weighted by atomic mass is 9.69. The van der Waals surface area contributed by atoms with Crippen molar-refractivity contribution in [3.63, 3.8) is 0 Å². The Bertz CT molecular complexity index is 1710. The van der Waals surface area contributed by atoms with Crippen LogP contribution in [0.5, 0.6) is 0 Å². The maximum absolute atomic E-state index is 14.9. The molecule has 5 rings (SSSR count). The number of fused-ring (bicyclic) bond motifs is 1. The van der Waals surface area contributed by atoms with E-state index in [0.29, 0.717) is 25.9 Å². The topological polar surface area (TPSA) is 168 Å². The minimum absolute atomic E-state index is 0.00646. The van der Waals surface area contributed by atoms with Crippen LogP contribution in [0, 0.1) is 29.6 Å². The van der Waals surface area contributed by atoms with Gasteiger partial charge in [-0.15, -0.1) is 0 Å². The molecule has 0 bridgehead atoms. The fourth-order valence-electron chi connectivity index (χ4n) is 11.1. The largest absolute Gasteiger partial charge is 0.459 e. The zero-order valence-electron chi connectivity index (χ0n) is 41.2. The number of aromatic nitrogens is 1. The summed E-state index contributed by atoms with van der Waals surface area (Å²) >= 11 is 0. The number of cyclic esters (lactones) is 1. The average Bonchev–Trinajstić information content (AvgIpc) is 3.56. The first-order valence-electron chi connectivity index (χ1n) is 23.5. The van der Waals surface area contributed by atoms with E-state index in [2.05, 4.69) is 16.5 Å². The molecule has 4 aliphatic heterocycles. The normalized spacial score (nSPS) is 43.0. The van der Waals surface area contributed by atoms with E-state index in [1.165, 1.54) is 0 Å². The van der Waals surface area contributed by atoms with Gasteiger partial charge in [-0.05, 0) is 99.7 Å². The van der Waals surface area contributed by atoms with Gasteiger partial charge in [0.2, 0.25) is 0 Å². The molecule has 4 saturated heterocycles. The van der Waals surface area contributed by atoms with Crippen molar-refractivity contribution in [2.45, 2.75) is 180 Å². The van der Waals surface area contributed by atoms with Gasteiger partial charge < -0.3 is 53.0 Å². The molecular weight excluding hydrogens is 823 g/mol. The van der Waals surface area contributed by atoms with Crippen LogP contribution >= 0.6 is 0 Å². The molecule has 15 heteroatoms. The van der Waals surface area contributed by atoms with Gasteiger partial charge in [0.1, 0.15) is 29.7 Å². The first-order valence-corrected chi connectivity index (χ1v) is 23.5. The minimum Gasteiger partial charge on any atom is -0.459 e. The lowest BCUT2D eigenvalue weighted by Gasteiger charge is -2.50. The van der Waals surface area contributed by atoms with Crippen molar-refractivity contribution in [2.75, 3.05) is 48.0 Å². The molecule has 0 aliphatic carbocycles. The van der Waals surface area contributed by atoms with Gasteiger partial charge >= 0.3 is 5.97 Å². The minimum atomic E-state index is -1.25. The van der Waals surface area contributed by atoms with Gasteiger partial charge in [-0.1, -0.05) is 40.3 Å². The summed E-state index contributed by atoms with van der Waals surface area (Å²) in [5, 5.41) is 23.1. The summed E-state index contributed by atoms with van der Waals surface area (Å²) in [6.07, 6.45) is -4.42. The molecule has 364 valence electrons. The van der Waals surface area contributed by atoms with Crippen LogP contribution in [0.3, 0.4) is 0 Å². The van der Waals surface area contributed by atoms with E-state index in [-0.39, 0.29) is 44.0 Å². The molecule has 4 fully saturated rings. The van der Waals surface area contributed by atoms with Crippen LogP contribution in [-0.4, -0.2) is 163 Å². The molecule has 3 unspecified atom stereocenters. The monoisotopic (exact) mass is 904 g/mol. The lowest BCUT2D eigenvalue weighted by molar-refractivity contribution is -0.320. The molecule has 18 atom stereocenters. The van der Waals surface area contributed by atoms with Crippen molar-refractivity contribution in [3.05, 3.63) is 42.2 Å². The maximum Gasteiger partial charge on any atom is 0.311 e. The first kappa shape index (κ1) is 52.6. The van der Waals surface area contributed by atoms with E-state index >= 15 is 0 Å². The number of pyridine rings is 1. The van der Waals surface area contributed by atoms with Gasteiger partial charge in [0.15, 0.2) is 12.6 Å². The number of aliphatic hydroxyl groups excluding tert-OH is 2. The highest BCUT2D eigenvalue weighted by Gasteiger charge is 2.57. The molecule has 0 spiro atoms. The quantitative estimate of drug-likeness (QED) is 0.196. The van der Waals surface area contributed by atoms with Gasteiger partial charge in [-0.3, -0.25) is 19.5 Å². The number of methoxy groups -OCH3 is 1. The predicted molar refractivity (Wildman–Crippen MR) is 241 cm³/mol. The third-order valence-corrected chi connectivity index (χ3v) is 14.9. The molecule has 1 aromatic rings. The average molecular weight is 904 g/mol. The number of esters is 1. The van der Waals surface area contributed by atoms with Gasteiger partial charge in [0, 0.05) is 62.5 Å². The van der Waals surface area contributed by atoms with Gasteiger partial charge in [-0.2, -0.15) is 0 Å². The number of carbonyl (C=O) groups excluding carboxylic acids is 2. The Kier molecular flexibility index (Phi) is 17.8. The fourth-order valence-corrected chi connectivity index (χ4v) is 11.1. The van der Waals surface area contributed by atoms with E-state index in [9.17, 15) is 19.8 Å². The number of ether oxygens (including phenoxy) is 8. The molecular formula is C49H81N3O12. The van der Waals surface area contributed by atoms with Crippen molar-refractivity contribution in [2.24, 2.45) is 29.6 Å². The Morgan fingerprint density at radius 2 is 1.66 bits per heavy atom. The number of ketones is 1. The molecule has 15 nitrogen and oxygen atoms in total. The highest BCUT2D eigenvalue weighted by atomic mass is 16.7. The number of Topliss-reactive ketones (excluding diaryl/α,β-unsaturated/α-hetero) is 1. The van der Waals surface area contributed by atoms with Crippen molar-refractivity contribution in [1.29, 1.82) is 0 Å². The van der Waals surface area contributed by atoms with Crippen LogP contribution in [0.1, 0.15) is 101 Å². The third kappa shape index (κ3) is 11.5. The summed E-state index contributed by atoms with van der Waals surface area (Å²) in [6, 6.07) is 5.54. The van der Waals surface area contributed by atoms with Gasteiger partial charge in [0.05, 0.1) is 60.4 Å². The zero-order valence-corrected chi connectivity index (χ0v) is 41.2. The highest BCUT2D eigenvalue weighted by Crippen LogP contribution is 2.47. The second-order valence-electron chi connectivity index (χ2n) is 20.3. The van der Waals surface area contributed by atoms with Crippen molar-refractivity contribution in [3.8, 4) is 0 Å². The first-order chi connectivity index (χ1) is 30.0. The highest BCUT2D eigenvalue weighted by molar-refractivity contribution is 5.84. The number of carbonyl (C=O) groups is 2. The molecule has 2 N–H and O–H groups in total. The molecule has 64 heavy (non-hydrogen) atoms. The smallest absolute Gasteiger partial charge is 0.311 e. The van der Waals surface area contributed by atoms with E-state index < -0.39 is 102 Å². The Morgan fingerprint density at radius 3 is 2.28 bits per heavy atom. The van der Waals surface area contributed by atoms with Crippen molar-refractivity contribution >= 4 is 11.8 Å². The Hall–Kier alpha value is -2.41. The number of aliphatic hydroxyl groups is 2. The van der Waals surface area contributed by atoms with Crippen LogP contribution in [0.4, 0.5) is 0 Å². The Balaban J connectivity index is 1.65. The van der Waals surface area contributed by atoms with E-state index in [0.717, 1.165) is 11.3 Å². The van der Waals surface area contributed by atoms with Crippen LogP contribution in [-0.2, 0) is 54.0 Å². The van der Waals surface area contributed by atoms with Crippen LogP contribution in [0.2, 0.25) is 0 Å². The summed E-state index contributed by atoms with van der Waals surface area (Å²) in [7, 11) is 7.38. The number of hydrogen-bond acceptors (Lipinski definition) is 15. The summed E-state index contributed by atoms with van der Waals surface area (Å²) in [6.45, 7) is 24.8. The molecule has 1 aromatic heterocycles. The Morgan fingerprint density at radius 1 is 0.953 bits per heavy atom. The zero-order chi connectivity index (χ0) is 47.5. The van der Waals surface area contributed by atoms with Gasteiger partial charge in [-0.25, -0.2) is 0 Å². The van der Waals surface area contributed by atoms with Crippen LogP contribution in [0.25, 0.3) is 0 Å². The van der Waals surface area contributed by atoms with Crippen LogP contribution < -0.4 is 0 Å². The standard InChI is InChI=1S/C49H81N3O12/c1-16-37-49(11)39(29(3)27-59-49)31(5)40(53)28(2)24-48(10,58-22-21-52(14)26-35-19-17-18-20-50-35)44(64-46-41(54)36(51(12)13)23-30(4)60-46)32(6)42(33(7)45(56)62-37)63-38-25-47(9,57-15)43(55)34(8)61-38/h17-20,28,30-34,36-39,41-44,46,54-55H,3,16,21-27H2,1-2,4-15H3/t28?,30-,31?,32+,33-,34+,36+,37-,38+,39+,41-,42+,43?,44-,46+,47-,48-,49-/m1/s1. The number of rotatable bonds is 13. The number of nitrogens with zero attached hydrogens (tertiary/aromatic N) is 3. The molecule has 5 heterocycles. The van der Waals surface area contributed by atoms with E-state index in [4.69, 9.17) is 37.9 Å². The Labute approximate surface area is 382 Å². The summed E-state index contributed by atoms with van der Waals surface area (Å²) in [5.74, 6) is -3.67. The van der Waals surface area contributed by atoms with Crippen molar-refractivity contribution < 1.29 is 57.7 Å². The predicted octanol–water partition coefficient (Wildman–Crippen LogP) is 5.19. The molecule has 0 amide bonds. The lowest BCUT2D eigenvalue weighted by Crippen LogP contribution is -2.61. The summed E-state index contributed by atoms with van der Waals surface area (Å²) in [5.41, 5.74) is -1.61. The second kappa shape index (κ2) is 21.7. The van der Waals surface area contributed by atoms with E-state index in [1.807, 2.05) is 99.6 Å². The summed E-state index contributed by atoms with van der Waals surface area (Å²) < 4.78 is 52.9. The maximum atomic E-state index is 14.9. The molecule has 0 saturated carbocycles. The van der Waals surface area contributed by atoms with Crippen molar-refractivity contribution in [1.82, 2.24) is 14.8 Å². The number of hydrogen-bond donors (Lipinski definition) is 2. The third-order valence-electron chi connectivity index (χ3n) is 14.9.